The van der Waals surface area contributed by atoms with Crippen LogP contribution in [0.25, 0.3) is 0 Å². The number of hydrogen-bond donors (Lipinski definition) is 1. The standard InChI is InChI=1S/C18H22N2O3/c1-13-15(21)6-5-7-16(13)23-12-14-8-11-19(2)17(14)18(22)20-9-3-4-10-20/h5-8,11,21H,3-4,9-10,12H2,1-2H3. The van der Waals surface area contributed by atoms with Crippen molar-refractivity contribution < 1.29 is 14.6 Å². The van der Waals surface area contributed by atoms with Crippen molar-refractivity contribution in [3.8, 4) is 11.5 Å². The molecule has 1 fully saturated rings. The van der Waals surface area contributed by atoms with Crippen molar-refractivity contribution in [3.63, 3.8) is 0 Å². The summed E-state index contributed by atoms with van der Waals surface area (Å²) in [5, 5.41) is 9.74. The number of phenolic OH excluding ortho intramolecular Hbond substituents is 1. The van der Waals surface area contributed by atoms with E-state index in [-0.39, 0.29) is 11.7 Å². The van der Waals surface area contributed by atoms with Crippen LogP contribution in [0.5, 0.6) is 11.5 Å². The van der Waals surface area contributed by atoms with E-state index in [0.29, 0.717) is 23.6 Å². The minimum atomic E-state index is 0.0706. The first-order valence-electron chi connectivity index (χ1n) is 7.93. The van der Waals surface area contributed by atoms with Crippen molar-refractivity contribution in [3.05, 3.63) is 47.3 Å². The highest BCUT2D eigenvalue weighted by molar-refractivity contribution is 5.94. The van der Waals surface area contributed by atoms with Crippen molar-refractivity contribution in [2.75, 3.05) is 13.1 Å². The lowest BCUT2D eigenvalue weighted by molar-refractivity contribution is 0.0780. The van der Waals surface area contributed by atoms with Gasteiger partial charge in [0.25, 0.3) is 5.91 Å². The number of aromatic hydroxyl groups is 1. The lowest BCUT2D eigenvalue weighted by atomic mass is 10.2. The number of aromatic nitrogens is 1. The molecular weight excluding hydrogens is 292 g/mol. The zero-order valence-corrected chi connectivity index (χ0v) is 13.6. The molecular formula is C18H22N2O3. The summed E-state index contributed by atoms with van der Waals surface area (Å²) in [6.07, 6.45) is 4.03. The number of phenols is 1. The molecule has 0 saturated carbocycles. The molecule has 1 amide bonds. The highest BCUT2D eigenvalue weighted by atomic mass is 16.5. The van der Waals surface area contributed by atoms with Crippen molar-refractivity contribution in [2.24, 2.45) is 7.05 Å². The number of rotatable bonds is 4. The molecule has 1 N–H and O–H groups in total. The number of aryl methyl sites for hydroxylation is 1. The molecule has 1 aromatic heterocycles. The first-order chi connectivity index (χ1) is 11.1. The minimum absolute atomic E-state index is 0.0706. The molecule has 5 heteroatoms. The molecule has 1 saturated heterocycles. The molecule has 0 aliphatic carbocycles. The third-order valence-corrected chi connectivity index (χ3v) is 4.39. The van der Waals surface area contributed by atoms with Gasteiger partial charge in [-0.3, -0.25) is 4.79 Å². The van der Waals surface area contributed by atoms with Crippen LogP contribution in [0.2, 0.25) is 0 Å². The predicted molar refractivity (Wildman–Crippen MR) is 87.7 cm³/mol. The van der Waals surface area contributed by atoms with Gasteiger partial charge in [-0.15, -0.1) is 0 Å². The Bertz CT molecular complexity index is 715. The van der Waals surface area contributed by atoms with Crippen LogP contribution < -0.4 is 4.74 Å². The molecule has 0 atom stereocenters. The summed E-state index contributed by atoms with van der Waals surface area (Å²) < 4.78 is 7.68. The summed E-state index contributed by atoms with van der Waals surface area (Å²) >= 11 is 0. The van der Waals surface area contributed by atoms with Gasteiger partial charge in [-0.2, -0.15) is 0 Å². The number of carbonyl (C=O) groups is 1. The second-order valence-corrected chi connectivity index (χ2v) is 5.99. The lowest BCUT2D eigenvalue weighted by Crippen LogP contribution is -2.30. The maximum absolute atomic E-state index is 12.7. The predicted octanol–water partition coefficient (Wildman–Crippen LogP) is 2.85. The van der Waals surface area contributed by atoms with E-state index in [2.05, 4.69) is 0 Å². The van der Waals surface area contributed by atoms with E-state index >= 15 is 0 Å². The number of benzene rings is 1. The Morgan fingerprint density at radius 3 is 2.74 bits per heavy atom. The molecule has 1 aliphatic heterocycles. The van der Waals surface area contributed by atoms with Gasteiger partial charge in [0.15, 0.2) is 0 Å². The van der Waals surface area contributed by atoms with Crippen LogP contribution in [0.15, 0.2) is 30.5 Å². The monoisotopic (exact) mass is 314 g/mol. The van der Waals surface area contributed by atoms with Crippen LogP contribution in [-0.4, -0.2) is 33.6 Å². The molecule has 122 valence electrons. The molecule has 1 aromatic carbocycles. The Kier molecular flexibility index (Phi) is 4.28. The number of amides is 1. The largest absolute Gasteiger partial charge is 0.508 e. The summed E-state index contributed by atoms with van der Waals surface area (Å²) in [7, 11) is 1.88. The van der Waals surface area contributed by atoms with E-state index in [4.69, 9.17) is 4.74 Å². The van der Waals surface area contributed by atoms with Gasteiger partial charge in [-0.05, 0) is 38.0 Å². The molecule has 0 bridgehead atoms. The number of hydrogen-bond acceptors (Lipinski definition) is 3. The van der Waals surface area contributed by atoms with Crippen molar-refractivity contribution in [1.82, 2.24) is 9.47 Å². The molecule has 23 heavy (non-hydrogen) atoms. The van der Waals surface area contributed by atoms with Gasteiger partial charge in [0.2, 0.25) is 0 Å². The van der Waals surface area contributed by atoms with Crippen LogP contribution in [-0.2, 0) is 13.7 Å². The number of ether oxygens (including phenoxy) is 1. The maximum Gasteiger partial charge on any atom is 0.270 e. The molecule has 2 aromatic rings. The van der Waals surface area contributed by atoms with Gasteiger partial charge >= 0.3 is 0 Å². The van der Waals surface area contributed by atoms with Crippen molar-refractivity contribution in [1.29, 1.82) is 0 Å². The molecule has 5 nitrogen and oxygen atoms in total. The molecule has 3 rings (SSSR count). The van der Waals surface area contributed by atoms with E-state index in [0.717, 1.165) is 31.5 Å². The van der Waals surface area contributed by atoms with Crippen molar-refractivity contribution in [2.45, 2.75) is 26.4 Å². The third kappa shape index (κ3) is 3.04. The van der Waals surface area contributed by atoms with Gasteiger partial charge in [0, 0.05) is 37.5 Å². The van der Waals surface area contributed by atoms with E-state index in [1.54, 1.807) is 12.1 Å². The zero-order valence-electron chi connectivity index (χ0n) is 13.6. The summed E-state index contributed by atoms with van der Waals surface area (Å²) in [4.78, 5) is 14.6. The van der Waals surface area contributed by atoms with Crippen LogP contribution in [0, 0.1) is 6.92 Å². The van der Waals surface area contributed by atoms with E-state index < -0.39 is 0 Å². The quantitative estimate of drug-likeness (QED) is 0.944. The fourth-order valence-corrected chi connectivity index (χ4v) is 2.97. The fourth-order valence-electron chi connectivity index (χ4n) is 2.97. The Morgan fingerprint density at radius 1 is 1.26 bits per heavy atom. The average molecular weight is 314 g/mol. The van der Waals surface area contributed by atoms with Gasteiger partial charge in [-0.25, -0.2) is 0 Å². The van der Waals surface area contributed by atoms with Crippen LogP contribution >= 0.6 is 0 Å². The summed E-state index contributed by atoms with van der Waals surface area (Å²) in [5.41, 5.74) is 2.26. The summed E-state index contributed by atoms with van der Waals surface area (Å²) in [6, 6.07) is 7.12. The topological polar surface area (TPSA) is 54.7 Å². The first kappa shape index (κ1) is 15.5. The molecule has 0 spiro atoms. The second kappa shape index (κ2) is 6.36. The van der Waals surface area contributed by atoms with E-state index in [1.165, 1.54) is 0 Å². The first-order valence-corrected chi connectivity index (χ1v) is 7.93. The van der Waals surface area contributed by atoms with Gasteiger partial charge in [0.05, 0.1) is 0 Å². The highest BCUT2D eigenvalue weighted by Crippen LogP contribution is 2.27. The Labute approximate surface area is 136 Å². The maximum atomic E-state index is 12.7. The van der Waals surface area contributed by atoms with Gasteiger partial charge in [0.1, 0.15) is 23.8 Å². The smallest absolute Gasteiger partial charge is 0.270 e. The highest BCUT2D eigenvalue weighted by Gasteiger charge is 2.24. The molecule has 0 radical (unpaired) electrons. The van der Waals surface area contributed by atoms with Crippen molar-refractivity contribution >= 4 is 5.91 Å². The Morgan fingerprint density at radius 2 is 2.00 bits per heavy atom. The fraction of sp³-hybridized carbons (Fsp3) is 0.389. The normalized spacial score (nSPS) is 14.3. The minimum Gasteiger partial charge on any atom is -0.508 e. The Balaban J connectivity index is 1.78. The Hall–Kier alpha value is -2.43. The van der Waals surface area contributed by atoms with E-state index in [9.17, 15) is 9.90 Å². The second-order valence-electron chi connectivity index (χ2n) is 5.99. The number of likely N-dealkylation sites (tertiary alicyclic amines) is 1. The SMILES string of the molecule is Cc1c(O)cccc1OCc1ccn(C)c1C(=O)N1CCCC1. The molecule has 1 aliphatic rings. The summed E-state index contributed by atoms with van der Waals surface area (Å²) in [5.74, 6) is 0.915. The van der Waals surface area contributed by atoms with E-state index in [1.807, 2.05) is 41.8 Å². The lowest BCUT2D eigenvalue weighted by Gasteiger charge is -2.17. The van der Waals surface area contributed by atoms with Crippen LogP contribution in [0.4, 0.5) is 0 Å². The van der Waals surface area contributed by atoms with Crippen LogP contribution in [0.1, 0.15) is 34.5 Å². The number of nitrogens with zero attached hydrogens (tertiary/aromatic N) is 2. The van der Waals surface area contributed by atoms with Crippen LogP contribution in [0.3, 0.4) is 0 Å². The zero-order chi connectivity index (χ0) is 16.4. The molecule has 2 heterocycles. The number of carbonyl (C=O) groups excluding carboxylic acids is 1. The average Bonchev–Trinajstić information content (AvgIpc) is 3.18. The summed E-state index contributed by atoms with van der Waals surface area (Å²) in [6.45, 7) is 3.78. The van der Waals surface area contributed by atoms with Gasteiger partial charge in [-0.1, -0.05) is 6.07 Å². The van der Waals surface area contributed by atoms with Gasteiger partial charge < -0.3 is 19.3 Å². The third-order valence-electron chi connectivity index (χ3n) is 4.39. The molecule has 0 unspecified atom stereocenters.